The zero-order valence-electron chi connectivity index (χ0n) is 9.97. The first kappa shape index (κ1) is 15.1. The van der Waals surface area contributed by atoms with Crippen molar-refractivity contribution in [3.05, 3.63) is 56.6 Å². The minimum absolute atomic E-state index is 0.0479. The molecule has 0 aliphatic carbocycles. The second-order valence-corrected chi connectivity index (χ2v) is 7.09. The number of nitriles is 1. The third-order valence-corrected chi connectivity index (χ3v) is 5.02. The zero-order chi connectivity index (χ0) is 14.8. The fourth-order valence-corrected chi connectivity index (χ4v) is 3.99. The molecule has 1 N–H and O–H groups in total. The molecule has 0 amide bonds. The number of hydrogen-bond acceptors (Lipinski definition) is 3. The van der Waals surface area contributed by atoms with E-state index in [0.29, 0.717) is 14.3 Å². The number of sulfonamides is 1. The quantitative estimate of drug-likeness (QED) is 0.774. The third kappa shape index (κ3) is 3.23. The lowest BCUT2D eigenvalue weighted by Crippen LogP contribution is -2.15. The van der Waals surface area contributed by atoms with E-state index in [4.69, 9.17) is 16.9 Å². The SMILES string of the molecule is N#Cc1ccccc1S(=O)(=O)Nc1ccc(Cl)cc1I. The summed E-state index contributed by atoms with van der Waals surface area (Å²) in [5.74, 6) is 0. The van der Waals surface area contributed by atoms with E-state index >= 15 is 0 Å². The van der Waals surface area contributed by atoms with Crippen LogP contribution >= 0.6 is 34.2 Å². The Balaban J connectivity index is 2.44. The number of halogens is 2. The van der Waals surface area contributed by atoms with E-state index in [1.165, 1.54) is 12.1 Å². The minimum Gasteiger partial charge on any atom is -0.279 e. The van der Waals surface area contributed by atoms with E-state index in [-0.39, 0.29) is 10.5 Å². The van der Waals surface area contributed by atoms with Gasteiger partial charge in [0.1, 0.15) is 11.0 Å². The predicted molar refractivity (Wildman–Crippen MR) is 86.1 cm³/mol. The lowest BCUT2D eigenvalue weighted by molar-refractivity contribution is 0.601. The highest BCUT2D eigenvalue weighted by molar-refractivity contribution is 14.1. The van der Waals surface area contributed by atoms with Gasteiger partial charge in [0.2, 0.25) is 0 Å². The monoisotopic (exact) mass is 418 g/mol. The molecular formula is C13H8ClIN2O2S. The van der Waals surface area contributed by atoms with Crippen LogP contribution in [0.3, 0.4) is 0 Å². The average Bonchev–Trinajstić information content (AvgIpc) is 2.42. The molecule has 0 saturated heterocycles. The summed E-state index contributed by atoms with van der Waals surface area (Å²) in [5.41, 5.74) is 0.520. The molecule has 0 saturated carbocycles. The summed E-state index contributed by atoms with van der Waals surface area (Å²) < 4.78 is 27.8. The van der Waals surface area contributed by atoms with Crippen LogP contribution in [0.25, 0.3) is 0 Å². The summed E-state index contributed by atoms with van der Waals surface area (Å²) >= 11 is 7.81. The molecule has 2 aromatic carbocycles. The van der Waals surface area contributed by atoms with Gasteiger partial charge in [0.25, 0.3) is 10.0 Å². The number of nitrogens with zero attached hydrogens (tertiary/aromatic N) is 1. The zero-order valence-corrected chi connectivity index (χ0v) is 13.7. The number of anilines is 1. The first-order valence-corrected chi connectivity index (χ1v) is 8.35. The van der Waals surface area contributed by atoms with Crippen molar-refractivity contribution in [3.63, 3.8) is 0 Å². The first-order valence-electron chi connectivity index (χ1n) is 5.41. The van der Waals surface area contributed by atoms with Crippen LogP contribution in [0.15, 0.2) is 47.4 Å². The Kier molecular flexibility index (Phi) is 4.52. The predicted octanol–water partition coefficient (Wildman–Crippen LogP) is 3.62. The van der Waals surface area contributed by atoms with Crippen LogP contribution in [-0.2, 0) is 10.0 Å². The summed E-state index contributed by atoms with van der Waals surface area (Å²) in [6.45, 7) is 0. The summed E-state index contributed by atoms with van der Waals surface area (Å²) in [5, 5.41) is 9.50. The largest absolute Gasteiger partial charge is 0.279 e. The Morgan fingerprint density at radius 3 is 2.55 bits per heavy atom. The second kappa shape index (κ2) is 5.99. The lowest BCUT2D eigenvalue weighted by Gasteiger charge is -2.11. The van der Waals surface area contributed by atoms with E-state index in [2.05, 4.69) is 4.72 Å². The van der Waals surface area contributed by atoms with Gasteiger partial charge in [0.15, 0.2) is 0 Å². The molecule has 0 aliphatic rings. The van der Waals surface area contributed by atoms with Crippen LogP contribution in [0.1, 0.15) is 5.56 Å². The fourth-order valence-electron chi connectivity index (χ4n) is 1.57. The van der Waals surface area contributed by atoms with Crippen molar-refractivity contribution in [2.45, 2.75) is 4.90 Å². The minimum atomic E-state index is -3.81. The molecule has 7 heteroatoms. The number of hydrogen-bond donors (Lipinski definition) is 1. The van der Waals surface area contributed by atoms with Gasteiger partial charge in [-0.1, -0.05) is 23.7 Å². The van der Waals surface area contributed by atoms with Gasteiger partial charge in [0, 0.05) is 8.59 Å². The van der Waals surface area contributed by atoms with Crippen LogP contribution in [0.4, 0.5) is 5.69 Å². The molecular weight excluding hydrogens is 411 g/mol. The number of rotatable bonds is 3. The van der Waals surface area contributed by atoms with Crippen molar-refractivity contribution in [2.75, 3.05) is 4.72 Å². The Hall–Kier alpha value is -1.30. The Labute approximate surface area is 135 Å². The fraction of sp³-hybridized carbons (Fsp3) is 0. The van der Waals surface area contributed by atoms with E-state index in [1.807, 2.05) is 28.7 Å². The van der Waals surface area contributed by atoms with E-state index in [1.54, 1.807) is 30.3 Å². The maximum atomic E-state index is 12.3. The topological polar surface area (TPSA) is 70.0 Å². The molecule has 0 aliphatic heterocycles. The van der Waals surface area contributed by atoms with Gasteiger partial charge in [-0.3, -0.25) is 4.72 Å². The van der Waals surface area contributed by atoms with Crippen molar-refractivity contribution in [3.8, 4) is 6.07 Å². The van der Waals surface area contributed by atoms with Gasteiger partial charge in [-0.05, 0) is 52.9 Å². The van der Waals surface area contributed by atoms with Gasteiger partial charge in [0.05, 0.1) is 11.3 Å². The Morgan fingerprint density at radius 1 is 1.20 bits per heavy atom. The molecule has 0 unspecified atom stereocenters. The van der Waals surface area contributed by atoms with Crippen molar-refractivity contribution in [2.24, 2.45) is 0 Å². The highest BCUT2D eigenvalue weighted by Gasteiger charge is 2.19. The number of benzene rings is 2. The first-order chi connectivity index (χ1) is 9.44. The van der Waals surface area contributed by atoms with Crippen LogP contribution in [0.5, 0.6) is 0 Å². The lowest BCUT2D eigenvalue weighted by atomic mass is 10.2. The normalized spacial score (nSPS) is 10.8. The molecule has 4 nitrogen and oxygen atoms in total. The van der Waals surface area contributed by atoms with Gasteiger partial charge in [-0.2, -0.15) is 5.26 Å². The maximum Gasteiger partial charge on any atom is 0.263 e. The highest BCUT2D eigenvalue weighted by atomic mass is 127. The number of nitrogens with one attached hydrogen (secondary N) is 1. The van der Waals surface area contributed by atoms with Gasteiger partial charge in [-0.15, -0.1) is 0 Å². The van der Waals surface area contributed by atoms with Gasteiger partial charge in [-0.25, -0.2) is 8.42 Å². The molecule has 0 atom stereocenters. The maximum absolute atomic E-state index is 12.3. The van der Waals surface area contributed by atoms with Gasteiger partial charge >= 0.3 is 0 Å². The Bertz CT molecular complexity index is 800. The second-order valence-electron chi connectivity index (χ2n) is 3.84. The molecule has 0 aromatic heterocycles. The molecule has 0 fully saturated rings. The van der Waals surface area contributed by atoms with Gasteiger partial charge < -0.3 is 0 Å². The standard InChI is InChI=1S/C13H8ClIN2O2S/c14-10-5-6-12(11(15)7-10)17-20(18,19)13-4-2-1-3-9(13)8-16/h1-7,17H. The summed E-state index contributed by atoms with van der Waals surface area (Å²) in [6.07, 6.45) is 0. The van der Waals surface area contributed by atoms with E-state index in [9.17, 15) is 8.42 Å². The Morgan fingerprint density at radius 2 is 1.90 bits per heavy atom. The van der Waals surface area contributed by atoms with Crippen molar-refractivity contribution >= 4 is 49.9 Å². The van der Waals surface area contributed by atoms with Crippen molar-refractivity contribution < 1.29 is 8.42 Å². The molecule has 0 radical (unpaired) electrons. The van der Waals surface area contributed by atoms with Crippen LogP contribution < -0.4 is 4.72 Å². The van der Waals surface area contributed by atoms with E-state index < -0.39 is 10.0 Å². The molecule has 20 heavy (non-hydrogen) atoms. The molecule has 102 valence electrons. The molecule has 2 aromatic rings. The van der Waals surface area contributed by atoms with Crippen LogP contribution in [-0.4, -0.2) is 8.42 Å². The summed E-state index contributed by atoms with van der Waals surface area (Å²) in [7, 11) is -3.81. The summed E-state index contributed by atoms with van der Waals surface area (Å²) in [4.78, 5) is -0.0479. The molecule has 2 rings (SSSR count). The highest BCUT2D eigenvalue weighted by Crippen LogP contribution is 2.25. The van der Waals surface area contributed by atoms with E-state index in [0.717, 1.165) is 0 Å². The molecule has 0 heterocycles. The smallest absolute Gasteiger partial charge is 0.263 e. The van der Waals surface area contributed by atoms with Crippen molar-refractivity contribution in [1.29, 1.82) is 5.26 Å². The third-order valence-electron chi connectivity index (χ3n) is 2.47. The average molecular weight is 419 g/mol. The molecule has 0 spiro atoms. The van der Waals surface area contributed by atoms with Crippen molar-refractivity contribution in [1.82, 2.24) is 0 Å². The van der Waals surface area contributed by atoms with Crippen LogP contribution in [0, 0.1) is 14.9 Å². The van der Waals surface area contributed by atoms with Crippen LogP contribution in [0.2, 0.25) is 5.02 Å². The molecule has 0 bridgehead atoms. The summed E-state index contributed by atoms with van der Waals surface area (Å²) in [6, 6.07) is 12.7.